The molecule has 130 valence electrons. The van der Waals surface area contributed by atoms with Gasteiger partial charge in [0.05, 0.1) is 10.6 Å². The number of benzene rings is 1. The summed E-state index contributed by atoms with van der Waals surface area (Å²) in [5.74, 6) is 0.569. The van der Waals surface area contributed by atoms with Crippen LogP contribution >= 0.6 is 12.4 Å². The molecule has 2 saturated heterocycles. The number of anilines is 1. The summed E-state index contributed by atoms with van der Waals surface area (Å²) in [4.78, 5) is 25.1. The summed E-state index contributed by atoms with van der Waals surface area (Å²) in [6.45, 7) is 0.646. The van der Waals surface area contributed by atoms with E-state index in [1.807, 2.05) is 0 Å². The molecule has 0 aromatic heterocycles. The predicted molar refractivity (Wildman–Crippen MR) is 93.7 cm³/mol. The molecule has 24 heavy (non-hydrogen) atoms. The van der Waals surface area contributed by atoms with Crippen LogP contribution in [0.2, 0.25) is 0 Å². The Bertz CT molecular complexity index is 654. The first kappa shape index (κ1) is 17.2. The molecule has 1 aromatic carbocycles. The van der Waals surface area contributed by atoms with E-state index in [0.717, 1.165) is 30.5 Å². The zero-order valence-corrected chi connectivity index (χ0v) is 14.3. The van der Waals surface area contributed by atoms with E-state index in [2.05, 4.69) is 5.32 Å². The number of carbonyl (C=O) groups is 1. The zero-order valence-electron chi connectivity index (χ0n) is 13.4. The lowest BCUT2D eigenvalue weighted by atomic mass is 9.89. The molecule has 2 bridgehead atoms. The lowest BCUT2D eigenvalue weighted by Gasteiger charge is -2.30. The third-order valence-corrected chi connectivity index (χ3v) is 5.51. The molecule has 1 N–H and O–H groups in total. The fourth-order valence-electron chi connectivity index (χ4n) is 4.44. The molecular weight excluding hydrogens is 330 g/mol. The van der Waals surface area contributed by atoms with Gasteiger partial charge in [0.1, 0.15) is 0 Å². The van der Waals surface area contributed by atoms with Gasteiger partial charge in [-0.2, -0.15) is 0 Å². The Morgan fingerprint density at radius 3 is 2.67 bits per heavy atom. The molecule has 2 atom stereocenters. The van der Waals surface area contributed by atoms with Crippen molar-refractivity contribution in [2.24, 2.45) is 5.92 Å². The van der Waals surface area contributed by atoms with Gasteiger partial charge in [-0.05, 0) is 43.6 Å². The van der Waals surface area contributed by atoms with E-state index in [1.54, 1.807) is 17.0 Å². The summed E-state index contributed by atoms with van der Waals surface area (Å²) in [6, 6.07) is 6.02. The number of hydrogen-bond acceptors (Lipinski definition) is 4. The van der Waals surface area contributed by atoms with Gasteiger partial charge in [-0.3, -0.25) is 14.9 Å². The second-order valence-electron chi connectivity index (χ2n) is 7.04. The summed E-state index contributed by atoms with van der Waals surface area (Å²) in [6.07, 6.45) is 5.98. The summed E-state index contributed by atoms with van der Waals surface area (Å²) in [5, 5.41) is 14.6. The van der Waals surface area contributed by atoms with Crippen LogP contribution in [0.25, 0.3) is 0 Å². The first-order valence-electron chi connectivity index (χ1n) is 8.44. The Hall–Kier alpha value is -1.66. The Kier molecular flexibility index (Phi) is 4.78. The maximum absolute atomic E-state index is 12.7. The summed E-state index contributed by atoms with van der Waals surface area (Å²) < 4.78 is 0. The topological polar surface area (TPSA) is 75.5 Å². The van der Waals surface area contributed by atoms with Crippen LogP contribution in [0.15, 0.2) is 18.2 Å². The van der Waals surface area contributed by atoms with Crippen molar-refractivity contribution >= 4 is 29.7 Å². The number of carbonyl (C=O) groups excluding carboxylic acids is 1. The van der Waals surface area contributed by atoms with E-state index >= 15 is 0 Å². The highest BCUT2D eigenvalue weighted by atomic mass is 35.5. The van der Waals surface area contributed by atoms with Crippen LogP contribution in [0.3, 0.4) is 0 Å². The van der Waals surface area contributed by atoms with Gasteiger partial charge in [-0.1, -0.05) is 6.07 Å². The van der Waals surface area contributed by atoms with Crippen LogP contribution < -0.4 is 10.2 Å². The van der Waals surface area contributed by atoms with E-state index < -0.39 is 4.92 Å². The average molecular weight is 352 g/mol. The third kappa shape index (κ3) is 3.13. The summed E-state index contributed by atoms with van der Waals surface area (Å²) >= 11 is 0. The SMILES string of the molecule is Cl.O=C(CC1CC2CCC(C1)N2)N1CCc2ccc([N+](=O)[O-])cc21. The van der Waals surface area contributed by atoms with Crippen molar-refractivity contribution in [3.05, 3.63) is 33.9 Å². The monoisotopic (exact) mass is 351 g/mol. The van der Waals surface area contributed by atoms with Crippen LogP contribution in [0, 0.1) is 16.0 Å². The molecule has 7 heteroatoms. The quantitative estimate of drug-likeness (QED) is 0.671. The first-order chi connectivity index (χ1) is 11.1. The molecule has 0 spiro atoms. The lowest BCUT2D eigenvalue weighted by Crippen LogP contribution is -2.40. The molecule has 0 radical (unpaired) electrons. The van der Waals surface area contributed by atoms with Crippen LogP contribution in [-0.2, 0) is 11.2 Å². The highest BCUT2D eigenvalue weighted by molar-refractivity contribution is 5.96. The van der Waals surface area contributed by atoms with Gasteiger partial charge < -0.3 is 10.2 Å². The molecular formula is C17H22ClN3O3. The largest absolute Gasteiger partial charge is 0.312 e. The highest BCUT2D eigenvalue weighted by Crippen LogP contribution is 2.36. The Morgan fingerprint density at radius 2 is 2.00 bits per heavy atom. The number of nitrogens with zero attached hydrogens (tertiary/aromatic N) is 2. The van der Waals surface area contributed by atoms with E-state index in [-0.39, 0.29) is 24.0 Å². The van der Waals surface area contributed by atoms with Crippen molar-refractivity contribution < 1.29 is 9.72 Å². The smallest absolute Gasteiger partial charge is 0.271 e. The number of rotatable bonds is 3. The Morgan fingerprint density at radius 1 is 1.29 bits per heavy atom. The van der Waals surface area contributed by atoms with Gasteiger partial charge in [-0.15, -0.1) is 12.4 Å². The van der Waals surface area contributed by atoms with Crippen LogP contribution in [0.1, 0.15) is 37.7 Å². The Balaban J connectivity index is 0.00000169. The minimum absolute atomic E-state index is 0. The molecule has 0 saturated carbocycles. The van der Waals surface area contributed by atoms with Crippen LogP contribution in [0.5, 0.6) is 0 Å². The minimum Gasteiger partial charge on any atom is -0.312 e. The molecule has 2 unspecified atom stereocenters. The van der Waals surface area contributed by atoms with Crippen molar-refractivity contribution in [1.82, 2.24) is 5.32 Å². The number of piperidine rings is 1. The molecule has 3 aliphatic heterocycles. The van der Waals surface area contributed by atoms with Crippen LogP contribution in [0.4, 0.5) is 11.4 Å². The fraction of sp³-hybridized carbons (Fsp3) is 0.588. The third-order valence-electron chi connectivity index (χ3n) is 5.51. The van der Waals surface area contributed by atoms with Gasteiger partial charge in [-0.25, -0.2) is 0 Å². The maximum atomic E-state index is 12.7. The van der Waals surface area contributed by atoms with E-state index in [9.17, 15) is 14.9 Å². The second kappa shape index (κ2) is 6.69. The van der Waals surface area contributed by atoms with Gasteiger partial charge in [0.15, 0.2) is 0 Å². The number of non-ortho nitro benzene ring substituents is 1. The normalized spacial score (nSPS) is 27.5. The molecule has 0 aliphatic carbocycles. The summed E-state index contributed by atoms with van der Waals surface area (Å²) in [7, 11) is 0. The van der Waals surface area contributed by atoms with Crippen molar-refractivity contribution in [3.8, 4) is 0 Å². The Labute approximate surface area is 147 Å². The standard InChI is InChI=1S/C17H21N3O3.ClH/c21-17(9-11-7-13-2-3-14(8-11)18-13)19-6-5-12-1-4-15(20(22)23)10-16(12)19;/h1,4,10-11,13-14,18H,2-3,5-9H2;1H. The fourth-order valence-corrected chi connectivity index (χ4v) is 4.44. The number of fused-ring (bicyclic) bond motifs is 3. The molecule has 1 amide bonds. The highest BCUT2D eigenvalue weighted by Gasteiger charge is 2.36. The second-order valence-corrected chi connectivity index (χ2v) is 7.04. The number of nitrogens with one attached hydrogen (secondary N) is 1. The summed E-state index contributed by atoms with van der Waals surface area (Å²) in [5.41, 5.74) is 1.83. The zero-order chi connectivity index (χ0) is 16.0. The molecule has 2 fully saturated rings. The molecule has 3 heterocycles. The van der Waals surface area contributed by atoms with Gasteiger partial charge in [0.25, 0.3) is 5.69 Å². The molecule has 6 nitrogen and oxygen atoms in total. The number of nitro groups is 1. The predicted octanol–water partition coefficient (Wildman–Crippen LogP) is 2.83. The minimum atomic E-state index is -0.397. The van der Waals surface area contributed by atoms with Gasteiger partial charge >= 0.3 is 0 Å². The number of nitro benzene ring substituents is 1. The molecule has 4 rings (SSSR count). The number of amides is 1. The van der Waals surface area contributed by atoms with E-state index in [1.165, 1.54) is 18.9 Å². The van der Waals surface area contributed by atoms with Crippen molar-refractivity contribution in [3.63, 3.8) is 0 Å². The van der Waals surface area contributed by atoms with Crippen molar-refractivity contribution in [2.75, 3.05) is 11.4 Å². The average Bonchev–Trinajstić information content (AvgIpc) is 3.09. The first-order valence-corrected chi connectivity index (χ1v) is 8.44. The van der Waals surface area contributed by atoms with Crippen molar-refractivity contribution in [2.45, 2.75) is 50.6 Å². The lowest BCUT2D eigenvalue weighted by molar-refractivity contribution is -0.384. The number of hydrogen-bond donors (Lipinski definition) is 1. The van der Waals surface area contributed by atoms with Gasteiger partial charge in [0, 0.05) is 37.2 Å². The maximum Gasteiger partial charge on any atom is 0.271 e. The van der Waals surface area contributed by atoms with Crippen LogP contribution in [-0.4, -0.2) is 29.5 Å². The van der Waals surface area contributed by atoms with E-state index in [4.69, 9.17) is 0 Å². The molecule has 1 aromatic rings. The van der Waals surface area contributed by atoms with E-state index in [0.29, 0.717) is 31.0 Å². The number of halogens is 1. The molecule has 3 aliphatic rings. The van der Waals surface area contributed by atoms with Crippen molar-refractivity contribution in [1.29, 1.82) is 0 Å². The van der Waals surface area contributed by atoms with Gasteiger partial charge in [0.2, 0.25) is 5.91 Å².